The fourth-order valence-corrected chi connectivity index (χ4v) is 4.99. The first kappa shape index (κ1) is 19.6. The van der Waals surface area contributed by atoms with Crippen LogP contribution in [0.1, 0.15) is 15.2 Å². The Kier molecular flexibility index (Phi) is 5.22. The first-order valence-electron chi connectivity index (χ1n) is 7.98. The average molecular weight is 417 g/mol. The number of thiazole rings is 1. The SMILES string of the molecule is C#CCNC(=O)c1cn2c(=O)n(Cc3ccccc3)c(=O)c(S(C)(=O)=O)c2s1. The molecule has 3 aromatic rings. The lowest BCUT2D eigenvalue weighted by atomic mass is 10.2. The van der Waals surface area contributed by atoms with E-state index < -0.39 is 31.9 Å². The molecule has 1 amide bonds. The molecule has 1 N–H and O–H groups in total. The Morgan fingerprint density at radius 3 is 2.54 bits per heavy atom. The van der Waals surface area contributed by atoms with E-state index in [0.717, 1.165) is 26.6 Å². The van der Waals surface area contributed by atoms with E-state index in [1.807, 2.05) is 0 Å². The number of carbonyl (C=O) groups excluding carboxylic acids is 1. The summed E-state index contributed by atoms with van der Waals surface area (Å²) in [6.07, 6.45) is 7.21. The van der Waals surface area contributed by atoms with E-state index in [9.17, 15) is 22.8 Å². The molecule has 2 heterocycles. The summed E-state index contributed by atoms with van der Waals surface area (Å²) < 4.78 is 26.4. The number of sulfone groups is 1. The van der Waals surface area contributed by atoms with Crippen molar-refractivity contribution in [1.82, 2.24) is 14.3 Å². The predicted octanol–water partition coefficient (Wildman–Crippen LogP) is 0.337. The topological polar surface area (TPSA) is 107 Å². The minimum atomic E-state index is -3.97. The highest BCUT2D eigenvalue weighted by atomic mass is 32.2. The van der Waals surface area contributed by atoms with Crippen molar-refractivity contribution in [1.29, 1.82) is 0 Å². The molecular weight excluding hydrogens is 402 g/mol. The minimum Gasteiger partial charge on any atom is -0.340 e. The third-order valence-corrected chi connectivity index (χ3v) is 6.22. The number of carbonyl (C=O) groups is 1. The Morgan fingerprint density at radius 2 is 1.93 bits per heavy atom. The standard InChI is InChI=1S/C18H15N3O5S2/c1-3-9-19-15(22)13-11-21-17(27-13)14(28(2,25)26)16(23)20(18(21)24)10-12-7-5-4-6-8-12/h1,4-8,11H,9-10H2,2H3,(H,19,22). The number of amides is 1. The number of hydrogen-bond acceptors (Lipinski definition) is 6. The molecule has 0 aliphatic rings. The van der Waals surface area contributed by atoms with Crippen LogP contribution >= 0.6 is 11.3 Å². The Hall–Kier alpha value is -3.16. The van der Waals surface area contributed by atoms with Gasteiger partial charge in [0.05, 0.1) is 13.1 Å². The summed E-state index contributed by atoms with van der Waals surface area (Å²) in [6.45, 7) is -0.125. The molecule has 0 spiro atoms. The number of nitrogens with one attached hydrogen (secondary N) is 1. The van der Waals surface area contributed by atoms with Crippen LogP contribution in [-0.2, 0) is 16.4 Å². The zero-order valence-corrected chi connectivity index (χ0v) is 16.3. The average Bonchev–Trinajstić information content (AvgIpc) is 3.08. The number of rotatable bonds is 5. The van der Waals surface area contributed by atoms with Gasteiger partial charge in [-0.25, -0.2) is 13.2 Å². The maximum Gasteiger partial charge on any atom is 0.336 e. The second-order valence-electron chi connectivity index (χ2n) is 5.92. The fourth-order valence-electron chi connectivity index (χ4n) is 2.63. The lowest BCUT2D eigenvalue weighted by Gasteiger charge is -2.08. The second-order valence-corrected chi connectivity index (χ2v) is 8.90. The quantitative estimate of drug-likeness (QED) is 0.603. The molecule has 0 fully saturated rings. The van der Waals surface area contributed by atoms with E-state index in [0.29, 0.717) is 5.56 Å². The van der Waals surface area contributed by atoms with Crippen LogP contribution in [0, 0.1) is 12.3 Å². The number of hydrogen-bond donors (Lipinski definition) is 1. The number of fused-ring (bicyclic) bond motifs is 1. The molecule has 0 unspecified atom stereocenters. The van der Waals surface area contributed by atoms with Crippen LogP contribution < -0.4 is 16.6 Å². The molecular formula is C18H15N3O5S2. The van der Waals surface area contributed by atoms with Gasteiger partial charge in [-0.3, -0.25) is 18.6 Å². The molecule has 0 saturated heterocycles. The number of aromatic nitrogens is 2. The Labute approximate surface area is 164 Å². The van der Waals surface area contributed by atoms with Crippen LogP contribution in [0.2, 0.25) is 0 Å². The maximum absolute atomic E-state index is 12.9. The van der Waals surface area contributed by atoms with Gasteiger partial charge in [-0.15, -0.1) is 17.8 Å². The van der Waals surface area contributed by atoms with E-state index >= 15 is 0 Å². The minimum absolute atomic E-state index is 0.0261. The van der Waals surface area contributed by atoms with Crippen molar-refractivity contribution in [3.63, 3.8) is 0 Å². The number of benzene rings is 1. The first-order valence-corrected chi connectivity index (χ1v) is 10.7. The zero-order chi connectivity index (χ0) is 20.5. The summed E-state index contributed by atoms with van der Waals surface area (Å²) in [5.74, 6) is 1.69. The van der Waals surface area contributed by atoms with Crippen molar-refractivity contribution in [2.45, 2.75) is 11.4 Å². The van der Waals surface area contributed by atoms with Gasteiger partial charge < -0.3 is 5.32 Å². The van der Waals surface area contributed by atoms with Crippen molar-refractivity contribution in [2.75, 3.05) is 12.8 Å². The third kappa shape index (κ3) is 3.62. The van der Waals surface area contributed by atoms with Gasteiger partial charge in [0, 0.05) is 12.5 Å². The molecule has 0 atom stereocenters. The third-order valence-electron chi connectivity index (χ3n) is 3.87. The molecule has 0 aliphatic carbocycles. The van der Waals surface area contributed by atoms with Crippen molar-refractivity contribution >= 4 is 31.9 Å². The molecule has 10 heteroatoms. The van der Waals surface area contributed by atoms with Crippen LogP contribution in [0.3, 0.4) is 0 Å². The van der Waals surface area contributed by atoms with E-state index in [2.05, 4.69) is 11.2 Å². The Morgan fingerprint density at radius 1 is 1.25 bits per heavy atom. The smallest absolute Gasteiger partial charge is 0.336 e. The molecule has 2 aromatic heterocycles. The van der Waals surface area contributed by atoms with Crippen molar-refractivity contribution in [3.05, 3.63) is 67.8 Å². The summed E-state index contributed by atoms with van der Waals surface area (Å²) in [6, 6.07) is 8.70. The lowest BCUT2D eigenvalue weighted by molar-refractivity contribution is 0.0962. The van der Waals surface area contributed by atoms with E-state index in [-0.39, 0.29) is 22.8 Å². The van der Waals surface area contributed by atoms with Gasteiger partial charge >= 0.3 is 5.69 Å². The van der Waals surface area contributed by atoms with Gasteiger partial charge in [-0.2, -0.15) is 0 Å². The zero-order valence-electron chi connectivity index (χ0n) is 14.7. The Bertz CT molecular complexity index is 1330. The molecule has 3 rings (SSSR count). The monoisotopic (exact) mass is 417 g/mol. The summed E-state index contributed by atoms with van der Waals surface area (Å²) >= 11 is 0.742. The van der Waals surface area contributed by atoms with Gasteiger partial charge in [-0.05, 0) is 5.56 Å². The van der Waals surface area contributed by atoms with E-state index in [1.165, 1.54) is 6.20 Å². The van der Waals surface area contributed by atoms with E-state index in [4.69, 9.17) is 6.42 Å². The highest BCUT2D eigenvalue weighted by Crippen LogP contribution is 2.21. The molecule has 0 saturated carbocycles. The first-order chi connectivity index (χ1) is 13.2. The van der Waals surface area contributed by atoms with Gasteiger partial charge in [0.25, 0.3) is 11.5 Å². The second kappa shape index (κ2) is 7.46. The highest BCUT2D eigenvalue weighted by Gasteiger charge is 2.25. The summed E-state index contributed by atoms with van der Waals surface area (Å²) in [5.41, 5.74) is -0.999. The molecule has 0 aliphatic heterocycles. The normalized spacial score (nSPS) is 11.3. The highest BCUT2D eigenvalue weighted by molar-refractivity contribution is 7.91. The number of nitrogens with zero attached hydrogens (tertiary/aromatic N) is 2. The molecule has 28 heavy (non-hydrogen) atoms. The van der Waals surface area contributed by atoms with Crippen molar-refractivity contribution in [2.24, 2.45) is 0 Å². The summed E-state index contributed by atoms with van der Waals surface area (Å²) in [4.78, 5) is 37.3. The number of terminal acetylenes is 1. The van der Waals surface area contributed by atoms with Gasteiger partial charge in [0.15, 0.2) is 14.7 Å². The predicted molar refractivity (Wildman–Crippen MR) is 106 cm³/mol. The van der Waals surface area contributed by atoms with Crippen LogP contribution in [0.5, 0.6) is 0 Å². The largest absolute Gasteiger partial charge is 0.340 e. The van der Waals surface area contributed by atoms with Gasteiger partial charge in [0.1, 0.15) is 9.71 Å². The van der Waals surface area contributed by atoms with Crippen LogP contribution in [-0.4, -0.2) is 36.1 Å². The molecule has 1 aromatic carbocycles. The van der Waals surface area contributed by atoms with Crippen molar-refractivity contribution < 1.29 is 13.2 Å². The Balaban J connectivity index is 2.29. The van der Waals surface area contributed by atoms with Crippen LogP contribution in [0.15, 0.2) is 51.0 Å². The molecule has 8 nitrogen and oxygen atoms in total. The summed E-state index contributed by atoms with van der Waals surface area (Å²) in [7, 11) is -3.97. The molecule has 0 radical (unpaired) electrons. The van der Waals surface area contributed by atoms with Crippen LogP contribution in [0.4, 0.5) is 0 Å². The van der Waals surface area contributed by atoms with Gasteiger partial charge in [-0.1, -0.05) is 36.3 Å². The summed E-state index contributed by atoms with van der Waals surface area (Å²) in [5, 5.41) is 2.44. The molecule has 0 bridgehead atoms. The maximum atomic E-state index is 12.9. The molecule has 144 valence electrons. The lowest BCUT2D eigenvalue weighted by Crippen LogP contribution is -2.40. The van der Waals surface area contributed by atoms with Gasteiger partial charge in [0.2, 0.25) is 0 Å². The fraction of sp³-hybridized carbons (Fsp3) is 0.167. The van der Waals surface area contributed by atoms with Crippen LogP contribution in [0.25, 0.3) is 4.83 Å². The van der Waals surface area contributed by atoms with Crippen molar-refractivity contribution in [3.8, 4) is 12.3 Å². The van der Waals surface area contributed by atoms with E-state index in [1.54, 1.807) is 30.3 Å².